The van der Waals surface area contributed by atoms with Crippen molar-refractivity contribution in [1.82, 2.24) is 20.1 Å². The molecule has 0 radical (unpaired) electrons. The van der Waals surface area contributed by atoms with Crippen LogP contribution in [0.25, 0.3) is 0 Å². The van der Waals surface area contributed by atoms with Gasteiger partial charge in [0, 0.05) is 29.8 Å². The quantitative estimate of drug-likeness (QED) is 0.566. The third-order valence-electron chi connectivity index (χ3n) is 4.94. The summed E-state index contributed by atoms with van der Waals surface area (Å²) in [7, 11) is 1.58. The minimum Gasteiger partial charge on any atom is -0.489 e. The summed E-state index contributed by atoms with van der Waals surface area (Å²) in [6, 6.07) is 7.20. The summed E-state index contributed by atoms with van der Waals surface area (Å²) in [5.74, 6) is 0.126. The Morgan fingerprint density at radius 2 is 2.09 bits per heavy atom. The molecule has 0 bridgehead atoms. The number of pyridine rings is 1. The van der Waals surface area contributed by atoms with E-state index in [2.05, 4.69) is 31.3 Å². The van der Waals surface area contributed by atoms with Gasteiger partial charge in [-0.25, -0.2) is 9.78 Å². The number of carbonyl (C=O) groups is 2. The molecular formula is C21H17BrF3N5O3. The van der Waals surface area contributed by atoms with Crippen LogP contribution in [-0.4, -0.2) is 46.4 Å². The van der Waals surface area contributed by atoms with Crippen molar-refractivity contribution in [3.8, 4) is 5.75 Å². The molecule has 3 heterocycles. The molecular weight excluding hydrogens is 507 g/mol. The minimum atomic E-state index is -4.55. The highest BCUT2D eigenvalue weighted by Gasteiger charge is 2.33. The number of hydrogen-bond acceptors (Lipinski definition) is 5. The molecule has 1 atom stereocenters. The van der Waals surface area contributed by atoms with Crippen LogP contribution in [0.5, 0.6) is 5.75 Å². The smallest absolute Gasteiger partial charge is 0.433 e. The summed E-state index contributed by atoms with van der Waals surface area (Å²) in [5.41, 5.74) is 0.229. The van der Waals surface area contributed by atoms with Gasteiger partial charge in [-0.05, 0) is 35.9 Å². The second kappa shape index (κ2) is 8.85. The standard InChI is InChI=1S/C21H17BrF3N5O3/c1-29-16-8-13(22)5-6-17(16)33-11-15(19(29)31)28-20(32)30-10-12(9-26-30)7-14-3-2-4-18(27-14)21(23,24)25/h2-6,8-10,15H,7,11H2,1H3,(H,28,32). The fourth-order valence-corrected chi connectivity index (χ4v) is 3.65. The number of alkyl halides is 3. The Morgan fingerprint density at radius 1 is 1.30 bits per heavy atom. The number of likely N-dealkylation sites (N-methyl/N-ethyl adjacent to an activating group) is 1. The van der Waals surface area contributed by atoms with Crippen LogP contribution in [0.4, 0.5) is 23.7 Å². The first-order valence-electron chi connectivity index (χ1n) is 9.69. The lowest BCUT2D eigenvalue weighted by atomic mass is 10.2. The molecule has 1 aliphatic heterocycles. The van der Waals surface area contributed by atoms with E-state index in [1.54, 1.807) is 25.2 Å². The van der Waals surface area contributed by atoms with Crippen LogP contribution in [0.15, 0.2) is 53.3 Å². The van der Waals surface area contributed by atoms with Crippen molar-refractivity contribution in [3.63, 3.8) is 0 Å². The van der Waals surface area contributed by atoms with E-state index in [-0.39, 0.29) is 24.6 Å². The minimum absolute atomic E-state index is 0.0512. The SMILES string of the molecule is CN1C(=O)C(NC(=O)n2cc(Cc3cccc(C(F)(F)F)n3)cn2)COc2ccc(Br)cc21. The summed E-state index contributed by atoms with van der Waals surface area (Å²) in [4.78, 5) is 30.5. The fraction of sp³-hybridized carbons (Fsp3) is 0.238. The molecule has 0 fully saturated rings. The largest absolute Gasteiger partial charge is 0.489 e. The molecule has 3 aromatic rings. The monoisotopic (exact) mass is 523 g/mol. The number of hydrogen-bond donors (Lipinski definition) is 1. The van der Waals surface area contributed by atoms with Gasteiger partial charge in [-0.15, -0.1) is 0 Å². The van der Waals surface area contributed by atoms with Crippen molar-refractivity contribution in [2.45, 2.75) is 18.6 Å². The zero-order valence-electron chi connectivity index (χ0n) is 17.1. The van der Waals surface area contributed by atoms with E-state index < -0.39 is 23.9 Å². The molecule has 1 N–H and O–H groups in total. The number of carbonyl (C=O) groups excluding carboxylic acids is 2. The zero-order valence-corrected chi connectivity index (χ0v) is 18.7. The first kappa shape index (κ1) is 22.8. The zero-order chi connectivity index (χ0) is 23.8. The molecule has 4 rings (SSSR count). The predicted octanol–water partition coefficient (Wildman–Crippen LogP) is 3.63. The van der Waals surface area contributed by atoms with Crippen molar-refractivity contribution in [1.29, 1.82) is 0 Å². The van der Waals surface area contributed by atoms with Gasteiger partial charge in [0.05, 0.1) is 11.9 Å². The first-order valence-corrected chi connectivity index (χ1v) is 10.5. The molecule has 12 heteroatoms. The van der Waals surface area contributed by atoms with Gasteiger partial charge < -0.3 is 15.0 Å². The van der Waals surface area contributed by atoms with Crippen LogP contribution >= 0.6 is 15.9 Å². The van der Waals surface area contributed by atoms with Crippen LogP contribution in [-0.2, 0) is 17.4 Å². The molecule has 33 heavy (non-hydrogen) atoms. The highest BCUT2D eigenvalue weighted by Crippen LogP contribution is 2.33. The Labute approximate surface area is 194 Å². The maximum absolute atomic E-state index is 12.9. The van der Waals surface area contributed by atoms with Gasteiger partial charge >= 0.3 is 12.2 Å². The molecule has 0 aliphatic carbocycles. The molecule has 1 aromatic carbocycles. The number of aromatic nitrogens is 3. The summed E-state index contributed by atoms with van der Waals surface area (Å²) in [6.07, 6.45) is -1.77. The second-order valence-corrected chi connectivity index (χ2v) is 8.22. The van der Waals surface area contributed by atoms with Crippen LogP contribution in [0.3, 0.4) is 0 Å². The number of rotatable bonds is 3. The van der Waals surface area contributed by atoms with Gasteiger partial charge in [-0.1, -0.05) is 22.0 Å². The van der Waals surface area contributed by atoms with Crippen molar-refractivity contribution >= 4 is 33.6 Å². The number of benzene rings is 1. The average molecular weight is 524 g/mol. The number of fused-ring (bicyclic) bond motifs is 1. The Balaban J connectivity index is 1.44. The van der Waals surface area contributed by atoms with E-state index in [4.69, 9.17) is 4.74 Å². The Bertz CT molecular complexity index is 1210. The van der Waals surface area contributed by atoms with Crippen molar-refractivity contribution in [2.75, 3.05) is 18.6 Å². The number of halogens is 4. The summed E-state index contributed by atoms with van der Waals surface area (Å²) < 4.78 is 46.0. The Hall–Kier alpha value is -3.41. The van der Waals surface area contributed by atoms with E-state index in [0.717, 1.165) is 15.2 Å². The van der Waals surface area contributed by atoms with Crippen LogP contribution in [0, 0.1) is 0 Å². The van der Waals surface area contributed by atoms with Crippen molar-refractivity contribution in [3.05, 3.63) is 70.2 Å². The van der Waals surface area contributed by atoms with Crippen LogP contribution in [0.2, 0.25) is 0 Å². The van der Waals surface area contributed by atoms with Gasteiger partial charge in [-0.3, -0.25) is 4.79 Å². The summed E-state index contributed by atoms with van der Waals surface area (Å²) >= 11 is 3.35. The van der Waals surface area contributed by atoms with Crippen LogP contribution < -0.4 is 15.0 Å². The highest BCUT2D eigenvalue weighted by molar-refractivity contribution is 9.10. The number of ether oxygens (including phenoxy) is 1. The molecule has 2 aromatic heterocycles. The van der Waals surface area contributed by atoms with Crippen molar-refractivity contribution in [2.24, 2.45) is 0 Å². The molecule has 2 amide bonds. The van der Waals surface area contributed by atoms with Gasteiger partial charge in [-0.2, -0.15) is 23.0 Å². The predicted molar refractivity (Wildman–Crippen MR) is 115 cm³/mol. The van der Waals surface area contributed by atoms with Crippen LogP contribution in [0.1, 0.15) is 17.0 Å². The second-order valence-electron chi connectivity index (χ2n) is 7.30. The number of amides is 2. The normalized spacial score (nSPS) is 16.1. The average Bonchev–Trinajstić information content (AvgIpc) is 3.20. The Kier molecular flexibility index (Phi) is 6.11. The van der Waals surface area contributed by atoms with Gasteiger partial charge in [0.1, 0.15) is 24.1 Å². The lowest BCUT2D eigenvalue weighted by Gasteiger charge is -2.20. The van der Waals surface area contributed by atoms with E-state index in [1.807, 2.05) is 0 Å². The molecule has 1 unspecified atom stereocenters. The molecule has 8 nitrogen and oxygen atoms in total. The van der Waals surface area contributed by atoms with E-state index in [9.17, 15) is 22.8 Å². The number of anilines is 1. The van der Waals surface area contributed by atoms with Gasteiger partial charge in [0.2, 0.25) is 0 Å². The van der Waals surface area contributed by atoms with Gasteiger partial charge in [0.15, 0.2) is 0 Å². The molecule has 1 aliphatic rings. The molecule has 0 spiro atoms. The number of nitrogens with one attached hydrogen (secondary N) is 1. The number of nitrogens with zero attached hydrogens (tertiary/aromatic N) is 4. The molecule has 172 valence electrons. The van der Waals surface area contributed by atoms with E-state index >= 15 is 0 Å². The third kappa shape index (κ3) is 5.00. The maximum atomic E-state index is 12.9. The molecule has 0 saturated heterocycles. The third-order valence-corrected chi connectivity index (χ3v) is 5.43. The topological polar surface area (TPSA) is 89.4 Å². The lowest BCUT2D eigenvalue weighted by molar-refractivity contribution is -0.141. The summed E-state index contributed by atoms with van der Waals surface area (Å²) in [6.45, 7) is -0.0776. The van der Waals surface area contributed by atoms with E-state index in [0.29, 0.717) is 17.0 Å². The Morgan fingerprint density at radius 3 is 2.85 bits per heavy atom. The van der Waals surface area contributed by atoms with E-state index in [1.165, 1.54) is 29.4 Å². The fourth-order valence-electron chi connectivity index (χ4n) is 3.30. The molecule has 0 saturated carbocycles. The van der Waals surface area contributed by atoms with Crippen molar-refractivity contribution < 1.29 is 27.5 Å². The maximum Gasteiger partial charge on any atom is 0.433 e. The lowest BCUT2D eigenvalue weighted by Crippen LogP contribution is -2.50. The highest BCUT2D eigenvalue weighted by atomic mass is 79.9. The first-order chi connectivity index (χ1) is 15.6. The van der Waals surface area contributed by atoms with Gasteiger partial charge in [0.25, 0.3) is 5.91 Å². The summed E-state index contributed by atoms with van der Waals surface area (Å²) in [5, 5.41) is 6.53.